The van der Waals surface area contributed by atoms with Gasteiger partial charge in [0.25, 0.3) is 0 Å². The largest absolute Gasteiger partial charge is 0.506 e. The van der Waals surface area contributed by atoms with Crippen LogP contribution < -0.4 is 22.9 Å². The van der Waals surface area contributed by atoms with Gasteiger partial charge in [-0.15, -0.1) is 0 Å². The van der Waals surface area contributed by atoms with Crippen LogP contribution in [0.15, 0.2) is 84.9 Å². The van der Waals surface area contributed by atoms with Crippen molar-refractivity contribution in [2.75, 3.05) is 22.9 Å². The summed E-state index contributed by atoms with van der Waals surface area (Å²) >= 11 is 0. The van der Waals surface area contributed by atoms with Gasteiger partial charge in [0.05, 0.1) is 11.4 Å². The SMILES string of the molecule is Nc1cc(C(c2ccc(O)c(N)c2)(C(F)(F)F)C(F)(F)F)ccc1O.Nc1ccc(C(c2ccc(N)cc2)(C(F)(F)F)C(F)(F)F)cc1. The lowest BCUT2D eigenvalue weighted by Gasteiger charge is -2.38. The van der Waals surface area contributed by atoms with E-state index in [1.165, 1.54) is 0 Å². The molecule has 4 aromatic carbocycles. The minimum absolute atomic E-state index is 0.0595. The van der Waals surface area contributed by atoms with Crippen LogP contribution in [0.2, 0.25) is 0 Å². The average molecular weight is 701 g/mol. The number of phenolic OH excluding ortho intramolecular Hbond substituents is 2. The molecule has 18 heteroatoms. The summed E-state index contributed by atoms with van der Waals surface area (Å²) in [5.41, 5.74) is 7.10. The Hall–Kier alpha value is -5.16. The summed E-state index contributed by atoms with van der Waals surface area (Å²) in [5.74, 6) is -1.32. The van der Waals surface area contributed by atoms with Crippen molar-refractivity contribution >= 4 is 22.7 Å². The molecule has 0 bridgehead atoms. The topological polar surface area (TPSA) is 145 Å². The number of alkyl halides is 12. The zero-order valence-electron chi connectivity index (χ0n) is 23.8. The summed E-state index contributed by atoms with van der Waals surface area (Å²) in [5, 5.41) is 18.7. The summed E-state index contributed by atoms with van der Waals surface area (Å²) in [6, 6.07) is 9.96. The monoisotopic (exact) mass is 700 g/mol. The third-order valence-corrected chi connectivity index (χ3v) is 7.31. The molecule has 0 heterocycles. The molecular weight excluding hydrogens is 676 g/mol. The number of anilines is 4. The normalized spacial score (nSPS) is 13.1. The van der Waals surface area contributed by atoms with E-state index in [-0.39, 0.29) is 11.4 Å². The standard InChI is InChI=1S/C15H12F6N2O2.C15H12F6N2/c16-14(17,18)13(15(19,20)21,7-1-3-11(24)9(22)5-7)8-2-4-12(25)10(23)6-8;16-14(17,18)13(15(19,20)21,9-1-5-11(22)6-2-9)10-3-7-12(23)8-4-10/h1-6,24-25H,22-23H2;1-8H,22-23H2. The minimum atomic E-state index is -5.82. The summed E-state index contributed by atoms with van der Waals surface area (Å²) in [7, 11) is 0. The van der Waals surface area contributed by atoms with Crippen molar-refractivity contribution in [3.63, 3.8) is 0 Å². The van der Waals surface area contributed by atoms with Gasteiger partial charge in [0.15, 0.2) is 0 Å². The van der Waals surface area contributed by atoms with Crippen molar-refractivity contribution in [2.45, 2.75) is 35.5 Å². The molecule has 0 atom stereocenters. The molecule has 0 spiro atoms. The molecule has 0 amide bonds. The fourth-order valence-corrected chi connectivity index (χ4v) is 5.01. The van der Waals surface area contributed by atoms with Crippen LogP contribution in [0.3, 0.4) is 0 Å². The predicted molar refractivity (Wildman–Crippen MR) is 153 cm³/mol. The number of halogens is 12. The highest BCUT2D eigenvalue weighted by Gasteiger charge is 2.73. The molecule has 0 aliphatic carbocycles. The first kappa shape index (κ1) is 37.3. The van der Waals surface area contributed by atoms with E-state index in [1.54, 1.807) is 0 Å². The lowest BCUT2D eigenvalue weighted by atomic mass is 9.72. The predicted octanol–water partition coefficient (Wildman–Crippen LogP) is 7.93. The van der Waals surface area contributed by atoms with Crippen molar-refractivity contribution in [1.82, 2.24) is 0 Å². The lowest BCUT2D eigenvalue weighted by molar-refractivity contribution is -0.290. The van der Waals surface area contributed by atoms with Crippen molar-refractivity contribution in [3.05, 3.63) is 107 Å². The molecule has 4 aromatic rings. The molecule has 48 heavy (non-hydrogen) atoms. The second kappa shape index (κ2) is 12.5. The number of rotatable bonds is 4. The van der Waals surface area contributed by atoms with Gasteiger partial charge in [0, 0.05) is 11.4 Å². The zero-order valence-corrected chi connectivity index (χ0v) is 23.8. The lowest BCUT2D eigenvalue weighted by Crippen LogP contribution is -2.54. The van der Waals surface area contributed by atoms with E-state index in [9.17, 15) is 62.9 Å². The summed E-state index contributed by atoms with van der Waals surface area (Å²) in [6.07, 6.45) is -22.9. The highest BCUT2D eigenvalue weighted by molar-refractivity contribution is 5.61. The Balaban J connectivity index is 0.000000261. The van der Waals surface area contributed by atoms with Crippen LogP contribution >= 0.6 is 0 Å². The molecule has 0 aliphatic heterocycles. The van der Waals surface area contributed by atoms with E-state index in [0.29, 0.717) is 36.4 Å². The van der Waals surface area contributed by atoms with Gasteiger partial charge in [-0.3, -0.25) is 0 Å². The number of nitrogens with two attached hydrogens (primary N) is 4. The number of hydrogen-bond acceptors (Lipinski definition) is 6. The summed E-state index contributed by atoms with van der Waals surface area (Å²) in [4.78, 5) is 0. The smallest absolute Gasteiger partial charge is 0.411 e. The third kappa shape index (κ3) is 6.37. The minimum Gasteiger partial charge on any atom is -0.506 e. The first-order chi connectivity index (χ1) is 21.8. The maximum atomic E-state index is 13.8. The molecule has 0 radical (unpaired) electrons. The van der Waals surface area contributed by atoms with Crippen LogP contribution in [0, 0.1) is 0 Å². The molecule has 0 saturated carbocycles. The molecule has 0 unspecified atom stereocenters. The summed E-state index contributed by atoms with van der Waals surface area (Å²) in [6.45, 7) is 0. The molecule has 6 nitrogen and oxygen atoms in total. The molecule has 0 fully saturated rings. The van der Waals surface area contributed by atoms with Gasteiger partial charge >= 0.3 is 24.7 Å². The van der Waals surface area contributed by atoms with Gasteiger partial charge < -0.3 is 33.1 Å². The van der Waals surface area contributed by atoms with Crippen LogP contribution in [0.1, 0.15) is 22.3 Å². The van der Waals surface area contributed by atoms with Gasteiger partial charge in [0.2, 0.25) is 10.8 Å². The van der Waals surface area contributed by atoms with Crippen LogP contribution in [-0.2, 0) is 10.8 Å². The van der Waals surface area contributed by atoms with E-state index in [2.05, 4.69) is 0 Å². The van der Waals surface area contributed by atoms with Gasteiger partial charge in [-0.05, 0) is 70.8 Å². The fourth-order valence-electron chi connectivity index (χ4n) is 5.01. The fraction of sp³-hybridized carbons (Fsp3) is 0.200. The average Bonchev–Trinajstić information content (AvgIpc) is 2.92. The van der Waals surface area contributed by atoms with Crippen molar-refractivity contribution in [1.29, 1.82) is 0 Å². The maximum absolute atomic E-state index is 13.8. The Morgan fingerprint density at radius 2 is 0.583 bits per heavy atom. The molecule has 4 rings (SSSR count). The molecule has 10 N–H and O–H groups in total. The zero-order chi connectivity index (χ0) is 36.7. The molecular formula is C30H24F12N4O2. The van der Waals surface area contributed by atoms with Crippen LogP contribution in [0.5, 0.6) is 11.5 Å². The van der Waals surface area contributed by atoms with Crippen molar-refractivity contribution in [3.8, 4) is 11.5 Å². The van der Waals surface area contributed by atoms with E-state index in [0.717, 1.165) is 48.5 Å². The molecule has 0 saturated heterocycles. The number of aromatic hydroxyl groups is 2. The second-order valence-electron chi connectivity index (χ2n) is 10.3. The van der Waals surface area contributed by atoms with Crippen LogP contribution in [-0.4, -0.2) is 34.9 Å². The number of benzene rings is 4. The van der Waals surface area contributed by atoms with Crippen molar-refractivity contribution < 1.29 is 62.9 Å². The van der Waals surface area contributed by atoms with Gasteiger partial charge in [0.1, 0.15) is 11.5 Å². The van der Waals surface area contributed by atoms with E-state index in [1.807, 2.05) is 0 Å². The Labute approximate surface area is 263 Å². The maximum Gasteiger partial charge on any atom is 0.411 e. The number of hydrogen-bond donors (Lipinski definition) is 6. The Morgan fingerprint density at radius 1 is 0.354 bits per heavy atom. The molecule has 260 valence electrons. The second-order valence-corrected chi connectivity index (χ2v) is 10.3. The molecule has 0 aromatic heterocycles. The highest BCUT2D eigenvalue weighted by Crippen LogP contribution is 2.58. The highest BCUT2D eigenvalue weighted by atomic mass is 19.4. The number of phenols is 2. The van der Waals surface area contributed by atoms with Gasteiger partial charge in [-0.1, -0.05) is 36.4 Å². The Morgan fingerprint density at radius 3 is 0.812 bits per heavy atom. The van der Waals surface area contributed by atoms with Crippen LogP contribution in [0.25, 0.3) is 0 Å². The Bertz CT molecular complexity index is 1600. The van der Waals surface area contributed by atoms with E-state index < -0.39 is 80.7 Å². The number of nitrogen functional groups attached to an aromatic ring is 4. The third-order valence-electron chi connectivity index (χ3n) is 7.31. The first-order valence-corrected chi connectivity index (χ1v) is 13.0. The first-order valence-electron chi connectivity index (χ1n) is 13.0. The Kier molecular flexibility index (Phi) is 9.68. The van der Waals surface area contributed by atoms with Gasteiger partial charge in [-0.25, -0.2) is 0 Å². The quantitative estimate of drug-likeness (QED) is 0.0725. The van der Waals surface area contributed by atoms with Crippen LogP contribution in [0.4, 0.5) is 75.4 Å². The summed E-state index contributed by atoms with van der Waals surface area (Å²) < 4.78 is 165. The van der Waals surface area contributed by atoms with E-state index >= 15 is 0 Å². The van der Waals surface area contributed by atoms with Gasteiger partial charge in [-0.2, -0.15) is 52.7 Å². The molecule has 0 aliphatic rings. The van der Waals surface area contributed by atoms with E-state index in [4.69, 9.17) is 22.9 Å². The van der Waals surface area contributed by atoms with Crippen molar-refractivity contribution in [2.24, 2.45) is 0 Å².